The van der Waals surface area contributed by atoms with Crippen molar-refractivity contribution in [2.75, 3.05) is 32.7 Å². The Morgan fingerprint density at radius 2 is 1.05 bits per heavy atom. The average molecular weight is 858 g/mol. The van der Waals surface area contributed by atoms with Crippen molar-refractivity contribution < 1.29 is 24.2 Å². The molecule has 0 spiro atoms. The third-order valence-electron chi connectivity index (χ3n) is 8.13. The fourth-order valence-corrected chi connectivity index (χ4v) is 5.31. The molecule has 328 valence electrons. The molecule has 0 aliphatic heterocycles. The van der Waals surface area contributed by atoms with Gasteiger partial charge in [0.2, 0.25) is 0 Å². The van der Waals surface area contributed by atoms with E-state index in [2.05, 4.69) is 61.3 Å². The number of benzene rings is 3. The van der Waals surface area contributed by atoms with Crippen molar-refractivity contribution in [1.29, 1.82) is 10.8 Å². The molecular formula is C45H61ClN10O5. The van der Waals surface area contributed by atoms with E-state index >= 15 is 0 Å². The van der Waals surface area contributed by atoms with Crippen LogP contribution in [0.25, 0.3) is 33.8 Å². The highest BCUT2D eigenvalue weighted by molar-refractivity contribution is 5.85. The monoisotopic (exact) mass is 856 g/mol. The molecule has 3 aromatic carbocycles. The first-order chi connectivity index (χ1) is 29.0. The van der Waals surface area contributed by atoms with E-state index in [9.17, 15) is 0 Å². The number of ether oxygens (including phenoxy) is 4. The smallest absolute Gasteiger partial charge is 0.176 e. The summed E-state index contributed by atoms with van der Waals surface area (Å²) >= 11 is 0. The lowest BCUT2D eigenvalue weighted by Crippen LogP contribution is -1.97. The highest BCUT2D eigenvalue weighted by atomic mass is 35.5. The molecule has 0 aliphatic carbocycles. The molecule has 0 saturated heterocycles. The Morgan fingerprint density at radius 1 is 0.639 bits per heavy atom. The van der Waals surface area contributed by atoms with Gasteiger partial charge in [-0.05, 0) is 81.6 Å². The quantitative estimate of drug-likeness (QED) is 0.0212. The molecule has 3 heterocycles. The number of aromatic nitrogens is 6. The number of para-hydroxylation sites is 3. The van der Waals surface area contributed by atoms with E-state index in [-0.39, 0.29) is 18.3 Å². The Labute approximate surface area is 364 Å². The van der Waals surface area contributed by atoms with Gasteiger partial charge in [0, 0.05) is 59.6 Å². The van der Waals surface area contributed by atoms with Gasteiger partial charge in [0.1, 0.15) is 23.1 Å². The number of H-pyrrole nitrogens is 3. The number of hydrogen-bond donors (Lipinski definition) is 7. The lowest BCUT2D eigenvalue weighted by atomic mass is 10.1. The van der Waals surface area contributed by atoms with Gasteiger partial charge >= 0.3 is 0 Å². The van der Waals surface area contributed by atoms with Gasteiger partial charge in [-0.25, -0.2) is 0 Å². The lowest BCUT2D eigenvalue weighted by Gasteiger charge is -2.08. The van der Waals surface area contributed by atoms with E-state index in [0.717, 1.165) is 81.7 Å². The standard InChI is InChI=1S/C15H19N3O2.C15H19N3O.C12H15N3O.C3H7NO.ClH/c1-3-8-20-15-7-5-4-6-13(15)14-10-12(16-17-14)9-11(2)18-19;1-3-8-19-15-7-5-4-6-13(15)14-10-12(17-18-14)9-11(2)16;1-2-7-16-11-6-4-3-5-9(11)10-8-12(13)15-14-10;1-3(4)5-2;/h4-7,10,19H,3,8-9H2,1-2H3,(H,16,17);4-7,10,16H,3,8-9H2,1-2H3,(H,17,18);3-6,8H,2,7H2,1H3,(H3,13,14,15);4H,1-2H3;1H/b18-11+;;;;. The molecule has 0 bridgehead atoms. The minimum absolute atomic E-state index is 0. The van der Waals surface area contributed by atoms with Crippen LogP contribution >= 0.6 is 12.4 Å². The molecule has 6 aromatic rings. The van der Waals surface area contributed by atoms with Gasteiger partial charge in [-0.15, -0.1) is 12.4 Å². The number of methoxy groups -OCH3 is 1. The normalized spacial score (nSPS) is 10.3. The van der Waals surface area contributed by atoms with Crippen molar-refractivity contribution in [3.05, 3.63) is 102 Å². The first kappa shape index (κ1) is 50.5. The summed E-state index contributed by atoms with van der Waals surface area (Å²) in [6.07, 6.45) is 4.07. The van der Waals surface area contributed by atoms with Crippen molar-refractivity contribution in [3.8, 4) is 51.0 Å². The molecule has 8 N–H and O–H groups in total. The van der Waals surface area contributed by atoms with Crippen LogP contribution in [0.15, 0.2) is 96.2 Å². The molecule has 0 aliphatic rings. The van der Waals surface area contributed by atoms with Gasteiger partial charge < -0.3 is 35.3 Å². The molecule has 0 unspecified atom stereocenters. The number of nitrogens with two attached hydrogens (primary N) is 1. The van der Waals surface area contributed by atoms with Crippen molar-refractivity contribution in [3.63, 3.8) is 0 Å². The molecule has 0 radical (unpaired) electrons. The van der Waals surface area contributed by atoms with Gasteiger partial charge in [-0.1, -0.05) is 62.3 Å². The average Bonchev–Trinajstić information content (AvgIpc) is 4.04. The number of halogens is 1. The van der Waals surface area contributed by atoms with Crippen LogP contribution in [-0.2, 0) is 17.6 Å². The van der Waals surface area contributed by atoms with Crippen LogP contribution in [0.1, 0.15) is 72.2 Å². The van der Waals surface area contributed by atoms with Crippen LogP contribution < -0.4 is 19.9 Å². The number of oxime groups is 1. The number of hydrogen-bond acceptors (Lipinski definition) is 12. The Kier molecular flexibility index (Phi) is 23.2. The summed E-state index contributed by atoms with van der Waals surface area (Å²) < 4.78 is 21.5. The predicted molar refractivity (Wildman–Crippen MR) is 247 cm³/mol. The van der Waals surface area contributed by atoms with Gasteiger partial charge in [0.05, 0.1) is 49.7 Å². The highest BCUT2D eigenvalue weighted by Gasteiger charge is 2.12. The summed E-state index contributed by atoms with van der Waals surface area (Å²) in [6, 6.07) is 29.3. The largest absolute Gasteiger partial charge is 0.493 e. The maximum absolute atomic E-state index is 8.69. The molecule has 16 heteroatoms. The van der Waals surface area contributed by atoms with E-state index in [1.165, 1.54) is 7.11 Å². The fourth-order valence-electron chi connectivity index (χ4n) is 5.31. The number of aromatic amines is 3. The van der Waals surface area contributed by atoms with Crippen LogP contribution in [0.4, 0.5) is 5.82 Å². The van der Waals surface area contributed by atoms with Gasteiger partial charge in [0.15, 0.2) is 5.90 Å². The molecular weight excluding hydrogens is 796 g/mol. The first-order valence-corrected chi connectivity index (χ1v) is 19.9. The third kappa shape index (κ3) is 17.6. The maximum atomic E-state index is 8.69. The first-order valence-electron chi connectivity index (χ1n) is 19.9. The summed E-state index contributed by atoms with van der Waals surface area (Å²) in [4.78, 5) is 0. The van der Waals surface area contributed by atoms with Gasteiger partial charge in [-0.2, -0.15) is 15.3 Å². The van der Waals surface area contributed by atoms with E-state index in [0.29, 0.717) is 49.9 Å². The van der Waals surface area contributed by atoms with Crippen molar-refractivity contribution in [1.82, 2.24) is 30.6 Å². The van der Waals surface area contributed by atoms with Crippen molar-refractivity contribution >= 4 is 35.5 Å². The lowest BCUT2D eigenvalue weighted by molar-refractivity contribution is 0.317. The van der Waals surface area contributed by atoms with Crippen LogP contribution in [-0.4, -0.2) is 80.1 Å². The summed E-state index contributed by atoms with van der Waals surface area (Å²) in [6.45, 7) is 13.5. The van der Waals surface area contributed by atoms with Crippen LogP contribution in [0.5, 0.6) is 17.2 Å². The van der Waals surface area contributed by atoms with Crippen LogP contribution in [0.2, 0.25) is 0 Å². The topological polar surface area (TPSA) is 229 Å². The van der Waals surface area contributed by atoms with Crippen molar-refractivity contribution in [2.24, 2.45) is 5.16 Å². The Morgan fingerprint density at radius 3 is 1.43 bits per heavy atom. The van der Waals surface area contributed by atoms with E-state index in [1.807, 2.05) is 84.9 Å². The summed E-state index contributed by atoms with van der Waals surface area (Å²) in [5, 5.41) is 47.2. The SMILES string of the molecule is CCCOc1ccccc1-c1cc(C/C(C)=N/O)[nH]n1.CCCOc1ccccc1-c1cc(CC(C)=N)[nH]n1.CCCOc1ccccc1-c1cc(N)n[nH]1.COC(C)=N.Cl. The molecule has 0 amide bonds. The van der Waals surface area contributed by atoms with Crippen LogP contribution in [0.3, 0.4) is 0 Å². The molecule has 3 aromatic heterocycles. The number of nitrogen functional groups attached to an aromatic ring is 1. The molecule has 0 fully saturated rings. The minimum atomic E-state index is 0. The number of nitrogens with one attached hydrogen (secondary N) is 5. The second-order valence-electron chi connectivity index (χ2n) is 13.5. The molecule has 0 saturated carbocycles. The van der Waals surface area contributed by atoms with Crippen LogP contribution in [0, 0.1) is 10.8 Å². The molecule has 0 atom stereocenters. The van der Waals surface area contributed by atoms with E-state index < -0.39 is 0 Å². The minimum Gasteiger partial charge on any atom is -0.493 e. The molecule has 6 rings (SSSR count). The van der Waals surface area contributed by atoms with E-state index in [1.54, 1.807) is 26.8 Å². The Balaban J connectivity index is 0.000000297. The Hall–Kier alpha value is -6.61. The number of rotatable bonds is 16. The molecule has 15 nitrogen and oxygen atoms in total. The second-order valence-corrected chi connectivity index (χ2v) is 13.5. The fraction of sp³-hybridized carbons (Fsp3) is 0.333. The predicted octanol–water partition coefficient (Wildman–Crippen LogP) is 10.2. The third-order valence-corrected chi connectivity index (χ3v) is 8.13. The van der Waals surface area contributed by atoms with Crippen molar-refractivity contribution in [2.45, 2.75) is 73.6 Å². The van der Waals surface area contributed by atoms with Gasteiger partial charge in [0.25, 0.3) is 0 Å². The zero-order chi connectivity index (χ0) is 43.7. The number of anilines is 1. The second kappa shape index (κ2) is 28.0. The number of nitrogens with zero attached hydrogens (tertiary/aromatic N) is 4. The zero-order valence-electron chi connectivity index (χ0n) is 36.2. The summed E-state index contributed by atoms with van der Waals surface area (Å²) in [5.41, 5.74) is 14.2. The summed E-state index contributed by atoms with van der Waals surface area (Å²) in [7, 11) is 1.47. The zero-order valence-corrected chi connectivity index (χ0v) is 37.0. The van der Waals surface area contributed by atoms with E-state index in [4.69, 9.17) is 36.0 Å². The summed E-state index contributed by atoms with van der Waals surface area (Å²) in [5.74, 6) is 3.28. The highest BCUT2D eigenvalue weighted by Crippen LogP contribution is 2.31. The molecule has 61 heavy (non-hydrogen) atoms. The van der Waals surface area contributed by atoms with Gasteiger partial charge in [-0.3, -0.25) is 20.7 Å². The maximum Gasteiger partial charge on any atom is 0.176 e. The Bertz CT molecular complexity index is 2210.